The lowest BCUT2D eigenvalue weighted by atomic mass is 9.74. The zero-order valence-corrected chi connectivity index (χ0v) is 13.8. The summed E-state index contributed by atoms with van der Waals surface area (Å²) in [5.74, 6) is 1.03. The summed E-state index contributed by atoms with van der Waals surface area (Å²) < 4.78 is 5.34. The highest BCUT2D eigenvalue weighted by atomic mass is 35.5. The summed E-state index contributed by atoms with van der Waals surface area (Å²) in [5, 5.41) is 5.10. The highest BCUT2D eigenvalue weighted by Crippen LogP contribution is 2.40. The number of fused-ring (bicyclic) bond motifs is 1. The molecule has 0 radical (unpaired) electrons. The highest BCUT2D eigenvalue weighted by Gasteiger charge is 2.37. The van der Waals surface area contributed by atoms with Crippen LogP contribution in [0.15, 0.2) is 29.4 Å². The van der Waals surface area contributed by atoms with Crippen LogP contribution in [0.25, 0.3) is 0 Å². The van der Waals surface area contributed by atoms with E-state index in [0.717, 1.165) is 18.6 Å². The van der Waals surface area contributed by atoms with Gasteiger partial charge in [-0.1, -0.05) is 47.0 Å². The predicted octanol–water partition coefficient (Wildman–Crippen LogP) is 4.09. The number of halogens is 3. The molecular weight excluding hydrogens is 347 g/mol. The van der Waals surface area contributed by atoms with Gasteiger partial charge in [0, 0.05) is 17.7 Å². The third-order valence-corrected chi connectivity index (χ3v) is 4.84. The fourth-order valence-corrected chi connectivity index (χ4v) is 3.18. The number of hydrogen-bond acceptors (Lipinski definition) is 3. The van der Waals surface area contributed by atoms with E-state index in [1.165, 1.54) is 12.1 Å². The van der Waals surface area contributed by atoms with Gasteiger partial charge in [-0.3, -0.25) is 4.79 Å². The van der Waals surface area contributed by atoms with Crippen LogP contribution in [0.3, 0.4) is 0 Å². The number of carbonyl (C=O) groups is 1. The van der Waals surface area contributed by atoms with E-state index in [1.54, 1.807) is 0 Å². The van der Waals surface area contributed by atoms with Crippen molar-refractivity contribution in [1.82, 2.24) is 5.43 Å². The van der Waals surface area contributed by atoms with Crippen LogP contribution in [0.1, 0.15) is 12.8 Å². The van der Waals surface area contributed by atoms with Crippen LogP contribution in [0.5, 0.6) is 5.75 Å². The van der Waals surface area contributed by atoms with E-state index < -0.39 is 0 Å². The normalized spacial score (nSPS) is 24.0. The molecule has 2 aliphatic rings. The zero-order valence-electron chi connectivity index (χ0n) is 11.5. The van der Waals surface area contributed by atoms with Crippen molar-refractivity contribution >= 4 is 46.4 Å². The first-order valence-electron chi connectivity index (χ1n) is 6.84. The van der Waals surface area contributed by atoms with Gasteiger partial charge in [-0.25, -0.2) is 5.43 Å². The van der Waals surface area contributed by atoms with Gasteiger partial charge in [0.15, 0.2) is 6.61 Å². The first kappa shape index (κ1) is 15.7. The van der Waals surface area contributed by atoms with Gasteiger partial charge in [0.2, 0.25) is 0 Å². The van der Waals surface area contributed by atoms with Crippen LogP contribution >= 0.6 is 34.8 Å². The predicted molar refractivity (Wildman–Crippen MR) is 87.9 cm³/mol. The summed E-state index contributed by atoms with van der Waals surface area (Å²) in [7, 11) is 0. The molecule has 0 aromatic heterocycles. The van der Waals surface area contributed by atoms with Gasteiger partial charge < -0.3 is 4.74 Å². The van der Waals surface area contributed by atoms with Crippen molar-refractivity contribution < 1.29 is 9.53 Å². The number of hydrogen-bond donors (Lipinski definition) is 1. The lowest BCUT2D eigenvalue weighted by Crippen LogP contribution is -2.36. The molecule has 2 aliphatic carbocycles. The van der Waals surface area contributed by atoms with Gasteiger partial charge in [-0.2, -0.15) is 5.10 Å². The Kier molecular flexibility index (Phi) is 4.62. The number of rotatable bonds is 4. The molecule has 0 bridgehead atoms. The molecule has 1 saturated carbocycles. The van der Waals surface area contributed by atoms with Gasteiger partial charge >= 0.3 is 0 Å². The molecule has 1 amide bonds. The van der Waals surface area contributed by atoms with Crippen molar-refractivity contribution in [2.75, 3.05) is 6.61 Å². The molecule has 2 atom stereocenters. The lowest BCUT2D eigenvalue weighted by Gasteiger charge is -2.31. The minimum atomic E-state index is -0.343. The second kappa shape index (κ2) is 6.49. The third kappa shape index (κ3) is 3.24. The molecule has 3 rings (SSSR count). The topological polar surface area (TPSA) is 50.7 Å². The fraction of sp³-hybridized carbons (Fsp3) is 0.333. The van der Waals surface area contributed by atoms with E-state index in [9.17, 15) is 4.79 Å². The Morgan fingerprint density at radius 3 is 2.82 bits per heavy atom. The molecule has 0 aliphatic heterocycles. The molecule has 1 aromatic rings. The highest BCUT2D eigenvalue weighted by molar-refractivity contribution is 6.43. The quantitative estimate of drug-likeness (QED) is 0.500. The molecule has 0 heterocycles. The van der Waals surface area contributed by atoms with Crippen LogP contribution in [0, 0.1) is 11.8 Å². The van der Waals surface area contributed by atoms with E-state index in [-0.39, 0.29) is 12.5 Å². The maximum absolute atomic E-state index is 11.8. The van der Waals surface area contributed by atoms with E-state index in [0.29, 0.717) is 32.7 Å². The van der Waals surface area contributed by atoms with Gasteiger partial charge in [-0.05, 0) is 24.8 Å². The average Bonchev–Trinajstić information content (AvgIpc) is 2.83. The zero-order chi connectivity index (χ0) is 15.7. The molecular formula is C15H13Cl3N2O2. The summed E-state index contributed by atoms with van der Waals surface area (Å²) in [6, 6.07) is 2.95. The minimum Gasteiger partial charge on any atom is -0.482 e. The Hall–Kier alpha value is -1.23. The number of allylic oxidation sites excluding steroid dienone is 2. The maximum atomic E-state index is 11.8. The second-order valence-electron chi connectivity index (χ2n) is 5.26. The summed E-state index contributed by atoms with van der Waals surface area (Å²) >= 11 is 17.7. The van der Waals surface area contributed by atoms with Crippen molar-refractivity contribution in [3.8, 4) is 5.75 Å². The molecule has 4 nitrogen and oxygen atoms in total. The molecule has 0 saturated heterocycles. The Labute approximate surface area is 143 Å². The van der Waals surface area contributed by atoms with Crippen LogP contribution in [0.4, 0.5) is 0 Å². The largest absolute Gasteiger partial charge is 0.482 e. The Bertz CT molecular complexity index is 673. The molecule has 1 fully saturated rings. The van der Waals surface area contributed by atoms with E-state index in [1.807, 2.05) is 0 Å². The third-order valence-electron chi connectivity index (χ3n) is 3.82. The van der Waals surface area contributed by atoms with Crippen molar-refractivity contribution in [2.24, 2.45) is 16.9 Å². The number of nitrogens with one attached hydrogen (secondary N) is 1. The van der Waals surface area contributed by atoms with Crippen molar-refractivity contribution in [3.05, 3.63) is 39.4 Å². The Morgan fingerprint density at radius 1 is 1.27 bits per heavy atom. The van der Waals surface area contributed by atoms with Gasteiger partial charge in [0.1, 0.15) is 5.75 Å². The molecule has 116 valence electrons. The van der Waals surface area contributed by atoms with Crippen LogP contribution in [-0.4, -0.2) is 18.2 Å². The number of ether oxygens (including phenoxy) is 1. The van der Waals surface area contributed by atoms with Crippen molar-refractivity contribution in [2.45, 2.75) is 12.8 Å². The molecule has 1 aromatic carbocycles. The first-order chi connectivity index (χ1) is 10.5. The van der Waals surface area contributed by atoms with Crippen molar-refractivity contribution in [1.29, 1.82) is 0 Å². The van der Waals surface area contributed by atoms with E-state index in [2.05, 4.69) is 22.7 Å². The van der Waals surface area contributed by atoms with Gasteiger partial charge in [-0.15, -0.1) is 0 Å². The lowest BCUT2D eigenvalue weighted by molar-refractivity contribution is -0.123. The second-order valence-corrected chi connectivity index (χ2v) is 6.48. The molecule has 22 heavy (non-hydrogen) atoms. The minimum absolute atomic E-state index is 0.194. The number of benzene rings is 1. The number of hydrazone groups is 1. The van der Waals surface area contributed by atoms with E-state index in [4.69, 9.17) is 39.5 Å². The monoisotopic (exact) mass is 358 g/mol. The fourth-order valence-electron chi connectivity index (χ4n) is 2.59. The first-order valence-corrected chi connectivity index (χ1v) is 7.97. The summed E-state index contributed by atoms with van der Waals surface area (Å²) in [4.78, 5) is 11.8. The number of amides is 1. The van der Waals surface area contributed by atoms with Gasteiger partial charge in [0.25, 0.3) is 5.91 Å². The average molecular weight is 360 g/mol. The molecule has 0 spiro atoms. The Morgan fingerprint density at radius 2 is 2.05 bits per heavy atom. The summed E-state index contributed by atoms with van der Waals surface area (Å²) in [5.41, 5.74) is 3.54. The Balaban J connectivity index is 1.51. The van der Waals surface area contributed by atoms with Crippen LogP contribution in [-0.2, 0) is 4.79 Å². The molecule has 1 N–H and O–H groups in total. The maximum Gasteiger partial charge on any atom is 0.277 e. The molecule has 7 heteroatoms. The van der Waals surface area contributed by atoms with Gasteiger partial charge in [0.05, 0.1) is 15.1 Å². The van der Waals surface area contributed by atoms with Crippen LogP contribution in [0.2, 0.25) is 15.1 Å². The number of carbonyl (C=O) groups excluding carboxylic acids is 1. The molecule has 0 unspecified atom stereocenters. The number of nitrogens with zero attached hydrogens (tertiary/aromatic N) is 1. The van der Waals surface area contributed by atoms with E-state index >= 15 is 0 Å². The summed E-state index contributed by atoms with van der Waals surface area (Å²) in [6.07, 6.45) is 6.30. The van der Waals surface area contributed by atoms with Crippen molar-refractivity contribution in [3.63, 3.8) is 0 Å². The van der Waals surface area contributed by atoms with Crippen LogP contribution < -0.4 is 10.2 Å². The standard InChI is InChI=1S/C15H13Cl3N2O2/c16-10-5-12(18)14(6-11(10)17)22-7-15(21)20-19-13-4-8-2-1-3-9(8)13/h1-2,5-6,8-9H,3-4,7H2,(H,20,21)/b19-13+/t8-,9-/m0/s1. The summed E-state index contributed by atoms with van der Waals surface area (Å²) in [6.45, 7) is -0.194. The smallest absolute Gasteiger partial charge is 0.277 e. The SMILES string of the molecule is O=C(COc1cc(Cl)c(Cl)cc1Cl)N/N=C1\C[C@@H]2C=CC[C@H]12.